The van der Waals surface area contributed by atoms with Gasteiger partial charge in [-0.1, -0.05) is 13.8 Å². The van der Waals surface area contributed by atoms with Crippen LogP contribution in [-0.4, -0.2) is 57.7 Å². The SMILES string of the molecule is CC(C)[C@H]1CN2C[C@@H](Nc3ncnc4[nH]ccc34)C[C@H]2CO1. The summed E-state index contributed by atoms with van der Waals surface area (Å²) in [6, 6.07) is 2.99. The molecule has 118 valence electrons. The Morgan fingerprint density at radius 2 is 2.27 bits per heavy atom. The molecule has 2 aliphatic heterocycles. The third-order valence-electron chi connectivity index (χ3n) is 4.88. The molecule has 22 heavy (non-hydrogen) atoms. The highest BCUT2D eigenvalue weighted by molar-refractivity contribution is 5.86. The van der Waals surface area contributed by atoms with E-state index in [9.17, 15) is 0 Å². The van der Waals surface area contributed by atoms with E-state index in [-0.39, 0.29) is 0 Å². The summed E-state index contributed by atoms with van der Waals surface area (Å²) in [5.41, 5.74) is 0.886. The molecule has 0 radical (unpaired) electrons. The van der Waals surface area contributed by atoms with Crippen LogP contribution in [0.1, 0.15) is 20.3 Å². The number of aromatic nitrogens is 3. The molecule has 4 heterocycles. The molecule has 2 N–H and O–H groups in total. The van der Waals surface area contributed by atoms with E-state index in [2.05, 4.69) is 39.0 Å². The second-order valence-electron chi connectivity index (χ2n) is 6.76. The quantitative estimate of drug-likeness (QED) is 0.906. The average Bonchev–Trinajstić information content (AvgIpc) is 3.12. The first-order valence-corrected chi connectivity index (χ1v) is 8.11. The zero-order valence-corrected chi connectivity index (χ0v) is 13.1. The molecule has 2 fully saturated rings. The first-order valence-electron chi connectivity index (χ1n) is 8.11. The summed E-state index contributed by atoms with van der Waals surface area (Å²) in [5, 5.41) is 4.66. The molecule has 2 aromatic rings. The molecule has 6 nitrogen and oxygen atoms in total. The van der Waals surface area contributed by atoms with Crippen molar-refractivity contribution >= 4 is 16.9 Å². The summed E-state index contributed by atoms with van der Waals surface area (Å²) in [6.45, 7) is 7.43. The van der Waals surface area contributed by atoms with Crippen LogP contribution in [0.5, 0.6) is 0 Å². The van der Waals surface area contributed by atoms with Crippen LogP contribution in [0.2, 0.25) is 0 Å². The van der Waals surface area contributed by atoms with Gasteiger partial charge in [0, 0.05) is 31.4 Å². The van der Waals surface area contributed by atoms with E-state index in [1.165, 1.54) is 0 Å². The Labute approximate surface area is 130 Å². The summed E-state index contributed by atoms with van der Waals surface area (Å²) in [6.07, 6.45) is 5.00. The summed E-state index contributed by atoms with van der Waals surface area (Å²) < 4.78 is 6.01. The predicted molar refractivity (Wildman–Crippen MR) is 85.9 cm³/mol. The van der Waals surface area contributed by atoms with Gasteiger partial charge >= 0.3 is 0 Å². The van der Waals surface area contributed by atoms with Crippen molar-refractivity contribution in [1.29, 1.82) is 0 Å². The van der Waals surface area contributed by atoms with Crippen molar-refractivity contribution in [2.45, 2.75) is 38.5 Å². The van der Waals surface area contributed by atoms with Crippen LogP contribution in [0.15, 0.2) is 18.6 Å². The minimum Gasteiger partial charge on any atom is -0.375 e. The Morgan fingerprint density at radius 3 is 3.14 bits per heavy atom. The highest BCUT2D eigenvalue weighted by atomic mass is 16.5. The van der Waals surface area contributed by atoms with E-state index in [4.69, 9.17) is 4.74 Å². The number of H-pyrrole nitrogens is 1. The molecule has 2 saturated heterocycles. The highest BCUT2D eigenvalue weighted by Gasteiger charge is 2.38. The van der Waals surface area contributed by atoms with E-state index in [1.54, 1.807) is 6.33 Å². The smallest absolute Gasteiger partial charge is 0.142 e. The molecule has 0 unspecified atom stereocenters. The number of aromatic amines is 1. The lowest BCUT2D eigenvalue weighted by Crippen LogP contribution is -2.48. The minimum absolute atomic E-state index is 0.366. The molecule has 3 atom stereocenters. The second kappa shape index (κ2) is 5.52. The minimum atomic E-state index is 0.366. The Balaban J connectivity index is 1.46. The van der Waals surface area contributed by atoms with Crippen LogP contribution >= 0.6 is 0 Å². The largest absolute Gasteiger partial charge is 0.375 e. The van der Waals surface area contributed by atoms with Crippen molar-refractivity contribution in [3.05, 3.63) is 18.6 Å². The van der Waals surface area contributed by atoms with Crippen LogP contribution in [0.25, 0.3) is 11.0 Å². The Hall–Kier alpha value is -1.66. The fourth-order valence-electron chi connectivity index (χ4n) is 3.59. The van der Waals surface area contributed by atoms with Gasteiger partial charge < -0.3 is 15.0 Å². The normalized spacial score (nSPS) is 29.1. The zero-order valence-electron chi connectivity index (χ0n) is 13.1. The number of nitrogens with zero attached hydrogens (tertiary/aromatic N) is 3. The summed E-state index contributed by atoms with van der Waals surface area (Å²) in [7, 11) is 0. The van der Waals surface area contributed by atoms with Crippen molar-refractivity contribution in [1.82, 2.24) is 19.9 Å². The van der Waals surface area contributed by atoms with E-state index in [1.807, 2.05) is 12.3 Å². The van der Waals surface area contributed by atoms with E-state index in [0.29, 0.717) is 24.1 Å². The van der Waals surface area contributed by atoms with Gasteiger partial charge in [0.05, 0.1) is 18.1 Å². The van der Waals surface area contributed by atoms with Crippen LogP contribution in [0, 0.1) is 5.92 Å². The van der Waals surface area contributed by atoms with Crippen molar-refractivity contribution in [3.63, 3.8) is 0 Å². The van der Waals surface area contributed by atoms with Gasteiger partial charge in [0.2, 0.25) is 0 Å². The number of fused-ring (bicyclic) bond motifs is 2. The maximum Gasteiger partial charge on any atom is 0.142 e. The van der Waals surface area contributed by atoms with Gasteiger partial charge in [0.25, 0.3) is 0 Å². The number of morpholine rings is 1. The Morgan fingerprint density at radius 1 is 1.36 bits per heavy atom. The maximum atomic E-state index is 6.01. The van der Waals surface area contributed by atoms with Gasteiger partial charge in [-0.25, -0.2) is 9.97 Å². The molecule has 0 saturated carbocycles. The monoisotopic (exact) mass is 301 g/mol. The van der Waals surface area contributed by atoms with Gasteiger partial charge in [0.1, 0.15) is 17.8 Å². The molecule has 0 aliphatic carbocycles. The lowest BCUT2D eigenvalue weighted by Gasteiger charge is -2.36. The second-order valence-corrected chi connectivity index (χ2v) is 6.76. The van der Waals surface area contributed by atoms with Crippen molar-refractivity contribution in [2.75, 3.05) is 25.0 Å². The van der Waals surface area contributed by atoms with Crippen molar-refractivity contribution < 1.29 is 4.74 Å². The van der Waals surface area contributed by atoms with Crippen LogP contribution in [0.3, 0.4) is 0 Å². The van der Waals surface area contributed by atoms with Gasteiger partial charge in [-0.2, -0.15) is 0 Å². The Kier molecular flexibility index (Phi) is 3.50. The molecular weight excluding hydrogens is 278 g/mol. The molecule has 4 rings (SSSR count). The fraction of sp³-hybridized carbons (Fsp3) is 0.625. The molecule has 0 amide bonds. The van der Waals surface area contributed by atoms with Crippen molar-refractivity contribution in [2.24, 2.45) is 5.92 Å². The first-order chi connectivity index (χ1) is 10.7. The van der Waals surface area contributed by atoms with Crippen LogP contribution < -0.4 is 5.32 Å². The van der Waals surface area contributed by atoms with Gasteiger partial charge in [-0.05, 0) is 18.4 Å². The number of ether oxygens (including phenoxy) is 1. The number of rotatable bonds is 3. The lowest BCUT2D eigenvalue weighted by atomic mass is 10.0. The number of anilines is 1. The number of nitrogens with one attached hydrogen (secondary N) is 2. The third kappa shape index (κ3) is 2.46. The van der Waals surface area contributed by atoms with E-state index < -0.39 is 0 Å². The molecular formula is C16H23N5O. The van der Waals surface area contributed by atoms with Crippen molar-refractivity contribution in [3.8, 4) is 0 Å². The number of hydrogen-bond acceptors (Lipinski definition) is 5. The van der Waals surface area contributed by atoms with Gasteiger partial charge in [-0.15, -0.1) is 0 Å². The van der Waals surface area contributed by atoms with E-state index >= 15 is 0 Å². The molecule has 0 aromatic carbocycles. The van der Waals surface area contributed by atoms with Gasteiger partial charge in [-0.3, -0.25) is 4.90 Å². The number of hydrogen-bond donors (Lipinski definition) is 2. The molecule has 2 aromatic heterocycles. The standard InChI is InChI=1S/C16H23N5O/c1-10(2)14-7-21-6-11(5-12(21)8-22-14)20-16-13-3-4-17-15(13)18-9-19-16/h3-4,9-12,14H,5-8H2,1-2H3,(H2,17,18,19,20)/t11-,12-,14+/m0/s1. The first kappa shape index (κ1) is 14.0. The molecule has 0 bridgehead atoms. The third-order valence-corrected chi connectivity index (χ3v) is 4.88. The fourth-order valence-corrected chi connectivity index (χ4v) is 3.59. The predicted octanol–water partition coefficient (Wildman–Crippen LogP) is 1.87. The topological polar surface area (TPSA) is 66.1 Å². The molecule has 6 heteroatoms. The summed E-state index contributed by atoms with van der Waals surface area (Å²) in [5.74, 6) is 1.51. The molecule has 0 spiro atoms. The maximum absolute atomic E-state index is 6.01. The van der Waals surface area contributed by atoms with E-state index in [0.717, 1.165) is 43.0 Å². The summed E-state index contributed by atoms with van der Waals surface area (Å²) >= 11 is 0. The summed E-state index contributed by atoms with van der Waals surface area (Å²) in [4.78, 5) is 14.4. The average molecular weight is 301 g/mol. The highest BCUT2D eigenvalue weighted by Crippen LogP contribution is 2.28. The lowest BCUT2D eigenvalue weighted by molar-refractivity contribution is -0.0683. The Bertz CT molecular complexity index is 655. The zero-order chi connectivity index (χ0) is 15.1. The van der Waals surface area contributed by atoms with Crippen LogP contribution in [-0.2, 0) is 4.74 Å². The van der Waals surface area contributed by atoms with Crippen LogP contribution in [0.4, 0.5) is 5.82 Å². The molecule has 2 aliphatic rings. The van der Waals surface area contributed by atoms with Gasteiger partial charge in [0.15, 0.2) is 0 Å².